The van der Waals surface area contributed by atoms with E-state index in [0.29, 0.717) is 12.1 Å². The summed E-state index contributed by atoms with van der Waals surface area (Å²) in [4.78, 5) is 32.8. The number of pyridine rings is 1. The average molecular weight is 578 g/mol. The second-order valence-corrected chi connectivity index (χ2v) is 9.40. The van der Waals surface area contributed by atoms with Crippen molar-refractivity contribution in [3.05, 3.63) is 52.7 Å². The van der Waals surface area contributed by atoms with Crippen LogP contribution in [-0.2, 0) is 28.4 Å². The monoisotopic (exact) mass is 577 g/mol. The molecule has 8 nitrogen and oxygen atoms in total. The quantitative estimate of drug-likeness (QED) is 0.345. The zero-order valence-corrected chi connectivity index (χ0v) is 22.4. The zero-order chi connectivity index (χ0) is 30.0. The van der Waals surface area contributed by atoms with E-state index in [2.05, 4.69) is 4.98 Å². The lowest BCUT2D eigenvalue weighted by Crippen LogP contribution is -2.48. The van der Waals surface area contributed by atoms with Crippen LogP contribution in [0.5, 0.6) is 5.88 Å². The third kappa shape index (κ3) is 6.89. The zero-order valence-electron chi connectivity index (χ0n) is 22.4. The highest BCUT2D eigenvalue weighted by atomic mass is 19.4. The fraction of sp³-hybridized carbons (Fsp3) is 0.500. The minimum Gasteiger partial charge on any atom is -0.481 e. The predicted octanol–water partition coefficient (Wildman–Crippen LogP) is 6.97. The molecule has 2 aromatic rings. The van der Waals surface area contributed by atoms with Gasteiger partial charge in [0.1, 0.15) is 0 Å². The number of halogens is 6. The third-order valence-corrected chi connectivity index (χ3v) is 6.08. The van der Waals surface area contributed by atoms with Crippen LogP contribution in [0, 0.1) is 0 Å². The first-order valence-corrected chi connectivity index (χ1v) is 12.3. The van der Waals surface area contributed by atoms with E-state index in [0.717, 1.165) is 4.90 Å². The van der Waals surface area contributed by atoms with Crippen LogP contribution in [0.25, 0.3) is 0 Å². The Balaban J connectivity index is 2.16. The first-order chi connectivity index (χ1) is 18.6. The van der Waals surface area contributed by atoms with Crippen molar-refractivity contribution in [3.63, 3.8) is 0 Å². The molecule has 0 saturated heterocycles. The molecule has 14 heteroatoms. The van der Waals surface area contributed by atoms with Gasteiger partial charge in [0.15, 0.2) is 0 Å². The number of amides is 2. The molecule has 0 fully saturated rings. The number of fused-ring (bicyclic) bond motifs is 1. The summed E-state index contributed by atoms with van der Waals surface area (Å²) < 4.78 is 96.7. The van der Waals surface area contributed by atoms with E-state index in [4.69, 9.17) is 14.2 Å². The number of carbonyl (C=O) groups excluding carboxylic acids is 2. The van der Waals surface area contributed by atoms with Gasteiger partial charge in [0.05, 0.1) is 48.4 Å². The maximum absolute atomic E-state index is 13.5. The van der Waals surface area contributed by atoms with E-state index < -0.39 is 66.0 Å². The number of methoxy groups -OCH3 is 1. The second kappa shape index (κ2) is 11.8. The standard InChI is InChI=1S/C26H29F6N3O5/c1-6-39-23(36)34(13-16-10-17(25(27,28)29)12-18(11-16)26(30,31)32)20-9-15(4)35(24(37)40-14(2)3)19-7-8-21(38-5)33-22(19)20/h7-8,10-12,14-15,20H,6,9,13H2,1-5H3. The molecule has 220 valence electrons. The summed E-state index contributed by atoms with van der Waals surface area (Å²) in [7, 11) is 1.34. The van der Waals surface area contributed by atoms with Crippen molar-refractivity contribution in [2.75, 3.05) is 18.6 Å². The number of carbonyl (C=O) groups is 2. The van der Waals surface area contributed by atoms with Gasteiger partial charge in [0, 0.05) is 18.7 Å². The smallest absolute Gasteiger partial charge is 0.416 e. The first kappa shape index (κ1) is 30.8. The van der Waals surface area contributed by atoms with Gasteiger partial charge in [-0.1, -0.05) is 0 Å². The number of aromatic nitrogens is 1. The van der Waals surface area contributed by atoms with E-state index in [-0.39, 0.29) is 36.4 Å². The molecule has 2 atom stereocenters. The van der Waals surface area contributed by atoms with Crippen LogP contribution in [-0.4, -0.2) is 47.9 Å². The molecule has 1 aromatic carbocycles. The highest BCUT2D eigenvalue weighted by Gasteiger charge is 2.42. The van der Waals surface area contributed by atoms with E-state index in [1.165, 1.54) is 31.1 Å². The second-order valence-electron chi connectivity index (χ2n) is 9.40. The Bertz CT molecular complexity index is 1200. The number of nitrogens with zero attached hydrogens (tertiary/aromatic N) is 3. The van der Waals surface area contributed by atoms with Crippen LogP contribution < -0.4 is 9.64 Å². The Kier molecular flexibility index (Phi) is 9.10. The summed E-state index contributed by atoms with van der Waals surface area (Å²) in [5, 5.41) is 0. The van der Waals surface area contributed by atoms with Gasteiger partial charge in [0.25, 0.3) is 0 Å². The number of benzene rings is 1. The molecule has 0 N–H and O–H groups in total. The number of alkyl halides is 6. The highest BCUT2D eigenvalue weighted by molar-refractivity contribution is 5.90. The highest BCUT2D eigenvalue weighted by Crippen LogP contribution is 2.42. The minimum atomic E-state index is -5.07. The largest absolute Gasteiger partial charge is 0.481 e. The fourth-order valence-corrected chi connectivity index (χ4v) is 4.42. The number of hydrogen-bond donors (Lipinski definition) is 0. The molecule has 2 heterocycles. The molecule has 1 aliphatic heterocycles. The topological polar surface area (TPSA) is 81.2 Å². The van der Waals surface area contributed by atoms with E-state index in [9.17, 15) is 35.9 Å². The van der Waals surface area contributed by atoms with E-state index in [1.807, 2.05) is 0 Å². The van der Waals surface area contributed by atoms with Crippen molar-refractivity contribution in [3.8, 4) is 5.88 Å². The molecule has 40 heavy (non-hydrogen) atoms. The van der Waals surface area contributed by atoms with E-state index in [1.54, 1.807) is 20.8 Å². The molecule has 2 unspecified atom stereocenters. The number of ether oxygens (including phenoxy) is 3. The summed E-state index contributed by atoms with van der Waals surface area (Å²) in [5.41, 5.74) is -3.07. The van der Waals surface area contributed by atoms with Crippen LogP contribution in [0.1, 0.15) is 62.5 Å². The molecule has 0 radical (unpaired) electrons. The van der Waals surface area contributed by atoms with Gasteiger partial charge in [-0.3, -0.25) is 9.80 Å². The summed E-state index contributed by atoms with van der Waals surface area (Å²) in [6, 6.07) is 2.50. The Morgan fingerprint density at radius 1 is 1.07 bits per heavy atom. The summed E-state index contributed by atoms with van der Waals surface area (Å²) in [6.07, 6.45) is -12.2. The van der Waals surface area contributed by atoms with Crippen LogP contribution in [0.4, 0.5) is 41.6 Å². The lowest BCUT2D eigenvalue weighted by Gasteiger charge is -2.42. The van der Waals surface area contributed by atoms with Gasteiger partial charge in [-0.2, -0.15) is 26.3 Å². The number of hydrogen-bond acceptors (Lipinski definition) is 6. The molecule has 1 aliphatic rings. The molecule has 0 bridgehead atoms. The molecular formula is C26H29F6N3O5. The predicted molar refractivity (Wildman–Crippen MR) is 131 cm³/mol. The summed E-state index contributed by atoms with van der Waals surface area (Å²) in [5.74, 6) is 0.109. The van der Waals surface area contributed by atoms with Crippen molar-refractivity contribution in [2.45, 2.75) is 71.2 Å². The van der Waals surface area contributed by atoms with Crippen LogP contribution >= 0.6 is 0 Å². The maximum atomic E-state index is 13.5. The van der Waals surface area contributed by atoms with Crippen molar-refractivity contribution in [1.29, 1.82) is 0 Å². The van der Waals surface area contributed by atoms with Crippen LogP contribution in [0.3, 0.4) is 0 Å². The van der Waals surface area contributed by atoms with Gasteiger partial charge in [0.2, 0.25) is 5.88 Å². The number of rotatable bonds is 6. The van der Waals surface area contributed by atoms with Gasteiger partial charge in [-0.15, -0.1) is 0 Å². The SMILES string of the molecule is CCOC(=O)N(Cc1cc(C(F)(F)F)cc(C(F)(F)F)c1)C1CC(C)N(C(=O)OC(C)C)c2ccc(OC)nc21. The molecule has 0 aliphatic carbocycles. The Morgan fingerprint density at radius 3 is 2.17 bits per heavy atom. The Morgan fingerprint density at radius 2 is 1.68 bits per heavy atom. The summed E-state index contributed by atoms with van der Waals surface area (Å²) in [6.45, 7) is 5.71. The minimum absolute atomic E-state index is 0.0147. The first-order valence-electron chi connectivity index (χ1n) is 12.3. The molecular weight excluding hydrogens is 548 g/mol. The number of anilines is 1. The van der Waals surface area contributed by atoms with E-state index >= 15 is 0 Å². The fourth-order valence-electron chi connectivity index (χ4n) is 4.42. The van der Waals surface area contributed by atoms with Crippen LogP contribution in [0.15, 0.2) is 30.3 Å². The average Bonchev–Trinajstić information content (AvgIpc) is 2.85. The van der Waals surface area contributed by atoms with Crippen molar-refractivity contribution < 1.29 is 50.1 Å². The Hall–Kier alpha value is -3.71. The summed E-state index contributed by atoms with van der Waals surface area (Å²) >= 11 is 0. The lowest BCUT2D eigenvalue weighted by atomic mass is 9.94. The van der Waals surface area contributed by atoms with Crippen molar-refractivity contribution in [2.24, 2.45) is 0 Å². The van der Waals surface area contributed by atoms with Gasteiger partial charge >= 0.3 is 24.5 Å². The molecule has 0 spiro atoms. The normalized spacial score (nSPS) is 17.4. The van der Waals surface area contributed by atoms with Crippen LogP contribution in [0.2, 0.25) is 0 Å². The molecule has 1 aromatic heterocycles. The van der Waals surface area contributed by atoms with Gasteiger partial charge in [-0.05, 0) is 63.9 Å². The van der Waals surface area contributed by atoms with Crippen molar-refractivity contribution in [1.82, 2.24) is 9.88 Å². The van der Waals surface area contributed by atoms with Gasteiger partial charge < -0.3 is 14.2 Å². The lowest BCUT2D eigenvalue weighted by molar-refractivity contribution is -0.143. The molecule has 3 rings (SSSR count). The molecule has 0 saturated carbocycles. The van der Waals surface area contributed by atoms with Crippen molar-refractivity contribution >= 4 is 17.9 Å². The Labute approximate surface area is 226 Å². The molecule has 2 amide bonds. The van der Waals surface area contributed by atoms with Gasteiger partial charge in [-0.25, -0.2) is 14.6 Å². The maximum Gasteiger partial charge on any atom is 0.416 e. The third-order valence-electron chi connectivity index (χ3n) is 6.08.